The van der Waals surface area contributed by atoms with Gasteiger partial charge in [0.15, 0.2) is 0 Å². The number of amides is 2. The molecule has 2 fully saturated rings. The number of methoxy groups -OCH3 is 1. The molecule has 2 unspecified atom stereocenters. The predicted octanol–water partition coefficient (Wildman–Crippen LogP) is 4.78. The highest BCUT2D eigenvalue weighted by Gasteiger charge is 2.51. The molecule has 126 valence electrons. The van der Waals surface area contributed by atoms with Crippen LogP contribution in [-0.2, 0) is 0 Å². The van der Waals surface area contributed by atoms with Gasteiger partial charge in [-0.05, 0) is 48.3 Å². The fourth-order valence-corrected chi connectivity index (χ4v) is 4.83. The molecule has 1 aromatic carbocycles. The highest BCUT2D eigenvalue weighted by Crippen LogP contribution is 2.52. The molecule has 5 heteroatoms. The van der Waals surface area contributed by atoms with Crippen molar-refractivity contribution in [3.8, 4) is 5.75 Å². The van der Waals surface area contributed by atoms with Crippen LogP contribution in [0.3, 0.4) is 0 Å². The smallest absolute Gasteiger partial charge is 0.322 e. The molecule has 1 saturated heterocycles. The molecule has 2 bridgehead atoms. The van der Waals surface area contributed by atoms with Crippen LogP contribution in [-0.4, -0.2) is 30.6 Å². The summed E-state index contributed by atoms with van der Waals surface area (Å²) in [5.74, 6) is 0.622. The van der Waals surface area contributed by atoms with Gasteiger partial charge in [0.05, 0.1) is 12.8 Å². The molecule has 2 amide bonds. The molecule has 1 N–H and O–H groups in total. The number of nitrogens with one attached hydrogen (secondary N) is 1. The molecule has 0 radical (unpaired) electrons. The van der Waals surface area contributed by atoms with Gasteiger partial charge in [-0.2, -0.15) is 0 Å². The molecular weight excluding hydrogens is 312 g/mol. The molecule has 3 rings (SSSR count). The second kappa shape index (κ2) is 5.59. The molecule has 0 spiro atoms. The topological polar surface area (TPSA) is 41.6 Å². The van der Waals surface area contributed by atoms with E-state index >= 15 is 0 Å². The van der Waals surface area contributed by atoms with Gasteiger partial charge in [0.25, 0.3) is 0 Å². The van der Waals surface area contributed by atoms with Crippen LogP contribution in [0.25, 0.3) is 0 Å². The minimum absolute atomic E-state index is 0.0583. The lowest BCUT2D eigenvalue weighted by Gasteiger charge is -2.39. The third-order valence-corrected chi connectivity index (χ3v) is 5.31. The van der Waals surface area contributed by atoms with Crippen molar-refractivity contribution < 1.29 is 9.53 Å². The second-order valence-corrected chi connectivity index (χ2v) is 8.55. The third-order valence-electron chi connectivity index (χ3n) is 5.08. The van der Waals surface area contributed by atoms with Crippen LogP contribution >= 0.6 is 11.6 Å². The number of nitrogens with zero attached hydrogens (tertiary/aromatic N) is 1. The van der Waals surface area contributed by atoms with E-state index < -0.39 is 0 Å². The normalized spacial score (nSPS) is 28.6. The van der Waals surface area contributed by atoms with Gasteiger partial charge >= 0.3 is 6.03 Å². The minimum atomic E-state index is -0.0583. The first-order valence-electron chi connectivity index (χ1n) is 8.13. The Morgan fingerprint density at radius 2 is 2.09 bits per heavy atom. The molecule has 0 aromatic heterocycles. The van der Waals surface area contributed by atoms with Gasteiger partial charge in [-0.15, -0.1) is 0 Å². The van der Waals surface area contributed by atoms with Crippen LogP contribution in [0.15, 0.2) is 18.2 Å². The summed E-state index contributed by atoms with van der Waals surface area (Å²) in [6, 6.07) is 5.50. The van der Waals surface area contributed by atoms with E-state index in [2.05, 4.69) is 26.1 Å². The summed E-state index contributed by atoms with van der Waals surface area (Å²) in [6.07, 6.45) is 3.32. The summed E-state index contributed by atoms with van der Waals surface area (Å²) in [5, 5.41) is 3.56. The average molecular weight is 337 g/mol. The third kappa shape index (κ3) is 3.27. The summed E-state index contributed by atoms with van der Waals surface area (Å²) in [6.45, 7) is 7.72. The number of fused-ring (bicyclic) bond motifs is 2. The Morgan fingerprint density at radius 1 is 1.35 bits per heavy atom. The molecule has 2 atom stereocenters. The molecular formula is C18H25ClN2O2. The molecule has 2 aliphatic rings. The van der Waals surface area contributed by atoms with Crippen LogP contribution in [0.2, 0.25) is 5.02 Å². The minimum Gasteiger partial charge on any atom is -0.495 e. The zero-order valence-electron chi connectivity index (χ0n) is 14.3. The van der Waals surface area contributed by atoms with E-state index in [9.17, 15) is 4.79 Å². The number of likely N-dealkylation sites (tertiary alicyclic amines) is 1. The number of carbonyl (C=O) groups excluding carboxylic acids is 1. The van der Waals surface area contributed by atoms with Crippen molar-refractivity contribution in [2.24, 2.45) is 10.8 Å². The maximum Gasteiger partial charge on any atom is 0.322 e. The van der Waals surface area contributed by atoms with E-state index in [1.54, 1.807) is 25.3 Å². The average Bonchev–Trinajstić information content (AvgIpc) is 2.68. The first kappa shape index (κ1) is 16.4. The lowest BCUT2D eigenvalue weighted by atomic mass is 9.65. The predicted molar refractivity (Wildman–Crippen MR) is 93.3 cm³/mol. The van der Waals surface area contributed by atoms with Crippen molar-refractivity contribution in [3.63, 3.8) is 0 Å². The number of hydrogen-bond acceptors (Lipinski definition) is 2. The Bertz CT molecular complexity index is 631. The van der Waals surface area contributed by atoms with Crippen molar-refractivity contribution in [1.82, 2.24) is 4.90 Å². The zero-order valence-corrected chi connectivity index (χ0v) is 15.0. The molecule has 1 aliphatic heterocycles. The van der Waals surface area contributed by atoms with Crippen molar-refractivity contribution in [1.29, 1.82) is 0 Å². The standard InChI is InChI=1S/C18H25ClN2O2/c1-17(2)8-13-9-18(3,10-17)11-21(13)16(22)20-14-7-12(19)5-6-15(14)23-4/h5-7,13H,8-11H2,1-4H3,(H,20,22). The molecule has 1 aromatic rings. The molecule has 4 nitrogen and oxygen atoms in total. The summed E-state index contributed by atoms with van der Waals surface area (Å²) in [5.41, 5.74) is 1.14. The van der Waals surface area contributed by atoms with Crippen molar-refractivity contribution in [2.45, 2.75) is 46.1 Å². The molecule has 23 heavy (non-hydrogen) atoms. The Morgan fingerprint density at radius 3 is 2.78 bits per heavy atom. The number of ether oxygens (including phenoxy) is 1. The van der Waals surface area contributed by atoms with Gasteiger partial charge in [0, 0.05) is 17.6 Å². The maximum atomic E-state index is 12.8. The lowest BCUT2D eigenvalue weighted by molar-refractivity contribution is 0.130. The van der Waals surface area contributed by atoms with Crippen LogP contribution in [0.5, 0.6) is 5.75 Å². The number of anilines is 1. The van der Waals surface area contributed by atoms with E-state index in [1.165, 1.54) is 6.42 Å². The maximum absolute atomic E-state index is 12.8. The first-order valence-corrected chi connectivity index (χ1v) is 8.50. The second-order valence-electron chi connectivity index (χ2n) is 8.12. The summed E-state index contributed by atoms with van der Waals surface area (Å²) in [4.78, 5) is 14.8. The van der Waals surface area contributed by atoms with Gasteiger partial charge < -0.3 is 15.0 Å². The Kier molecular flexibility index (Phi) is 3.99. The summed E-state index contributed by atoms with van der Waals surface area (Å²) in [7, 11) is 1.59. The Balaban J connectivity index is 1.79. The van der Waals surface area contributed by atoms with Crippen molar-refractivity contribution >= 4 is 23.3 Å². The van der Waals surface area contributed by atoms with E-state index in [0.717, 1.165) is 19.4 Å². The molecule has 1 aliphatic carbocycles. The van der Waals surface area contributed by atoms with Crippen LogP contribution < -0.4 is 10.1 Å². The molecule has 1 saturated carbocycles. The first-order chi connectivity index (χ1) is 10.7. The van der Waals surface area contributed by atoms with Gasteiger partial charge in [-0.1, -0.05) is 32.4 Å². The van der Waals surface area contributed by atoms with Crippen LogP contribution in [0, 0.1) is 10.8 Å². The number of urea groups is 1. The van der Waals surface area contributed by atoms with Gasteiger partial charge in [0.1, 0.15) is 5.75 Å². The van der Waals surface area contributed by atoms with Crippen molar-refractivity contribution in [2.75, 3.05) is 19.0 Å². The van der Waals surface area contributed by atoms with E-state index in [0.29, 0.717) is 27.9 Å². The monoisotopic (exact) mass is 336 g/mol. The number of benzene rings is 1. The van der Waals surface area contributed by atoms with E-state index in [-0.39, 0.29) is 11.4 Å². The van der Waals surface area contributed by atoms with Gasteiger partial charge in [0.2, 0.25) is 0 Å². The number of rotatable bonds is 2. The SMILES string of the molecule is COc1ccc(Cl)cc1NC(=O)N1CC2(C)CC1CC(C)(C)C2. The van der Waals surface area contributed by atoms with Gasteiger partial charge in [-0.25, -0.2) is 4.79 Å². The lowest BCUT2D eigenvalue weighted by Crippen LogP contribution is -2.40. The highest BCUT2D eigenvalue weighted by atomic mass is 35.5. The highest BCUT2D eigenvalue weighted by molar-refractivity contribution is 6.31. The quantitative estimate of drug-likeness (QED) is 0.844. The van der Waals surface area contributed by atoms with Crippen LogP contribution in [0.4, 0.5) is 10.5 Å². The fourth-order valence-electron chi connectivity index (χ4n) is 4.66. The zero-order chi connectivity index (χ0) is 16.8. The largest absolute Gasteiger partial charge is 0.495 e. The van der Waals surface area contributed by atoms with Crippen molar-refractivity contribution in [3.05, 3.63) is 23.2 Å². The van der Waals surface area contributed by atoms with Gasteiger partial charge in [-0.3, -0.25) is 0 Å². The van der Waals surface area contributed by atoms with Crippen LogP contribution in [0.1, 0.15) is 40.0 Å². The Hall–Kier alpha value is -1.42. The number of halogens is 1. The summed E-state index contributed by atoms with van der Waals surface area (Å²) < 4.78 is 5.31. The molecule has 1 heterocycles. The summed E-state index contributed by atoms with van der Waals surface area (Å²) >= 11 is 6.05. The number of carbonyl (C=O) groups is 1. The van der Waals surface area contributed by atoms with E-state index in [1.807, 2.05) is 4.90 Å². The number of hydrogen-bond donors (Lipinski definition) is 1. The Labute approximate surface area is 143 Å². The fraction of sp³-hybridized carbons (Fsp3) is 0.611. The van der Waals surface area contributed by atoms with E-state index in [4.69, 9.17) is 16.3 Å².